The SMILES string of the molecule is C=C(C)C(=O)OC(C)C(=O)OC(=O)CCc1ccccc1. The summed E-state index contributed by atoms with van der Waals surface area (Å²) in [5, 5.41) is 0. The highest BCUT2D eigenvalue weighted by Crippen LogP contribution is 2.05. The first kappa shape index (κ1) is 16.6. The van der Waals surface area contributed by atoms with E-state index in [0.29, 0.717) is 6.42 Å². The molecule has 0 aliphatic heterocycles. The fourth-order valence-electron chi connectivity index (χ4n) is 1.45. The van der Waals surface area contributed by atoms with Gasteiger partial charge in [0.1, 0.15) is 0 Å². The molecule has 21 heavy (non-hydrogen) atoms. The number of hydrogen-bond acceptors (Lipinski definition) is 5. The van der Waals surface area contributed by atoms with E-state index in [1.165, 1.54) is 13.8 Å². The number of ether oxygens (including phenoxy) is 2. The van der Waals surface area contributed by atoms with Gasteiger partial charge in [0.25, 0.3) is 0 Å². The van der Waals surface area contributed by atoms with Crippen molar-refractivity contribution in [1.82, 2.24) is 0 Å². The van der Waals surface area contributed by atoms with Gasteiger partial charge in [0, 0.05) is 5.57 Å². The summed E-state index contributed by atoms with van der Waals surface area (Å²) < 4.78 is 9.40. The Morgan fingerprint density at radius 1 is 1.19 bits per heavy atom. The van der Waals surface area contributed by atoms with E-state index in [0.717, 1.165) is 5.56 Å². The van der Waals surface area contributed by atoms with Crippen molar-refractivity contribution in [1.29, 1.82) is 0 Å². The minimum Gasteiger partial charge on any atom is -0.447 e. The van der Waals surface area contributed by atoms with Crippen molar-refractivity contribution in [2.75, 3.05) is 0 Å². The molecule has 0 aliphatic carbocycles. The average Bonchev–Trinajstić information content (AvgIpc) is 2.45. The molecule has 1 atom stereocenters. The van der Waals surface area contributed by atoms with Crippen molar-refractivity contribution in [3.63, 3.8) is 0 Å². The van der Waals surface area contributed by atoms with Gasteiger partial charge >= 0.3 is 17.9 Å². The lowest BCUT2D eigenvalue weighted by atomic mass is 10.1. The number of carbonyl (C=O) groups is 3. The van der Waals surface area contributed by atoms with Gasteiger partial charge in [-0.05, 0) is 25.8 Å². The van der Waals surface area contributed by atoms with Gasteiger partial charge in [0.05, 0.1) is 6.42 Å². The summed E-state index contributed by atoms with van der Waals surface area (Å²) in [5.41, 5.74) is 1.15. The second kappa shape index (κ2) is 7.99. The van der Waals surface area contributed by atoms with E-state index in [4.69, 9.17) is 4.74 Å². The van der Waals surface area contributed by atoms with Crippen LogP contribution in [0.5, 0.6) is 0 Å². The molecule has 0 aromatic heterocycles. The number of carbonyl (C=O) groups excluding carboxylic acids is 3. The molecular weight excluding hydrogens is 272 g/mol. The predicted octanol–water partition coefficient (Wildman–Crippen LogP) is 2.20. The Morgan fingerprint density at radius 3 is 2.38 bits per heavy atom. The second-order valence-corrected chi connectivity index (χ2v) is 4.61. The number of hydrogen-bond donors (Lipinski definition) is 0. The Hall–Kier alpha value is -2.43. The second-order valence-electron chi connectivity index (χ2n) is 4.61. The molecule has 0 spiro atoms. The third kappa shape index (κ3) is 6.03. The first-order chi connectivity index (χ1) is 9.90. The molecule has 0 saturated carbocycles. The zero-order valence-electron chi connectivity index (χ0n) is 12.1. The Balaban J connectivity index is 2.38. The number of rotatable bonds is 6. The highest BCUT2D eigenvalue weighted by atomic mass is 16.6. The van der Waals surface area contributed by atoms with Gasteiger partial charge in [0.15, 0.2) is 6.10 Å². The topological polar surface area (TPSA) is 69.7 Å². The molecule has 0 aliphatic rings. The van der Waals surface area contributed by atoms with Crippen LogP contribution in [-0.2, 0) is 30.3 Å². The van der Waals surface area contributed by atoms with E-state index in [1.807, 2.05) is 30.3 Å². The molecule has 0 fully saturated rings. The summed E-state index contributed by atoms with van der Waals surface area (Å²) in [6, 6.07) is 9.37. The third-order valence-corrected chi connectivity index (χ3v) is 2.64. The molecule has 1 aromatic rings. The molecule has 5 heteroatoms. The maximum Gasteiger partial charge on any atom is 0.354 e. The van der Waals surface area contributed by atoms with Crippen LogP contribution in [0, 0.1) is 0 Å². The van der Waals surface area contributed by atoms with Crippen LogP contribution >= 0.6 is 0 Å². The lowest BCUT2D eigenvalue weighted by Gasteiger charge is -2.11. The highest BCUT2D eigenvalue weighted by molar-refractivity contribution is 5.92. The smallest absolute Gasteiger partial charge is 0.354 e. The van der Waals surface area contributed by atoms with Crippen molar-refractivity contribution in [2.45, 2.75) is 32.8 Å². The predicted molar refractivity (Wildman–Crippen MR) is 76.2 cm³/mol. The van der Waals surface area contributed by atoms with Crippen molar-refractivity contribution in [2.24, 2.45) is 0 Å². The zero-order valence-corrected chi connectivity index (χ0v) is 12.1. The van der Waals surface area contributed by atoms with Gasteiger partial charge in [-0.1, -0.05) is 36.9 Å². The van der Waals surface area contributed by atoms with Crippen LogP contribution in [0.25, 0.3) is 0 Å². The summed E-state index contributed by atoms with van der Waals surface area (Å²) in [5.74, 6) is -2.24. The molecule has 0 radical (unpaired) electrons. The largest absolute Gasteiger partial charge is 0.447 e. The maximum atomic E-state index is 11.6. The van der Waals surface area contributed by atoms with Gasteiger partial charge in [-0.2, -0.15) is 0 Å². The Labute approximate surface area is 123 Å². The molecule has 0 N–H and O–H groups in total. The van der Waals surface area contributed by atoms with Crippen LogP contribution in [0.3, 0.4) is 0 Å². The van der Waals surface area contributed by atoms with Crippen LogP contribution in [0.1, 0.15) is 25.8 Å². The molecule has 0 heterocycles. The monoisotopic (exact) mass is 290 g/mol. The van der Waals surface area contributed by atoms with Gasteiger partial charge in [-0.25, -0.2) is 9.59 Å². The molecule has 1 aromatic carbocycles. The summed E-state index contributed by atoms with van der Waals surface area (Å²) >= 11 is 0. The van der Waals surface area contributed by atoms with E-state index in [-0.39, 0.29) is 12.0 Å². The molecule has 1 rings (SSSR count). The molecule has 0 bridgehead atoms. The van der Waals surface area contributed by atoms with E-state index in [9.17, 15) is 14.4 Å². The van der Waals surface area contributed by atoms with Gasteiger partial charge in [-0.15, -0.1) is 0 Å². The van der Waals surface area contributed by atoms with Crippen molar-refractivity contribution < 1.29 is 23.9 Å². The molecule has 0 amide bonds. The van der Waals surface area contributed by atoms with E-state index in [1.54, 1.807) is 0 Å². The van der Waals surface area contributed by atoms with Crippen LogP contribution < -0.4 is 0 Å². The average molecular weight is 290 g/mol. The van der Waals surface area contributed by atoms with Crippen molar-refractivity contribution >= 4 is 17.9 Å². The third-order valence-electron chi connectivity index (χ3n) is 2.64. The Kier molecular flexibility index (Phi) is 6.33. The molecular formula is C16H18O5. The number of esters is 3. The van der Waals surface area contributed by atoms with Crippen LogP contribution in [0.15, 0.2) is 42.5 Å². The fourth-order valence-corrected chi connectivity index (χ4v) is 1.45. The van der Waals surface area contributed by atoms with Crippen LogP contribution in [0.2, 0.25) is 0 Å². The summed E-state index contributed by atoms with van der Waals surface area (Å²) in [6.45, 7) is 6.20. The Morgan fingerprint density at radius 2 is 1.81 bits per heavy atom. The summed E-state index contributed by atoms with van der Waals surface area (Å²) in [6.07, 6.45) is -0.584. The Bertz CT molecular complexity index is 533. The van der Waals surface area contributed by atoms with Gasteiger partial charge < -0.3 is 9.47 Å². The van der Waals surface area contributed by atoms with Gasteiger partial charge in [-0.3, -0.25) is 4.79 Å². The fraction of sp³-hybridized carbons (Fsp3) is 0.312. The summed E-state index contributed by atoms with van der Waals surface area (Å²) in [7, 11) is 0. The van der Waals surface area contributed by atoms with E-state index in [2.05, 4.69) is 11.3 Å². The summed E-state index contributed by atoms with van der Waals surface area (Å²) in [4.78, 5) is 34.4. The molecule has 0 saturated heterocycles. The lowest BCUT2D eigenvalue weighted by molar-refractivity contribution is -0.171. The standard InChI is InChI=1S/C16H18O5/c1-11(2)15(18)20-12(3)16(19)21-14(17)10-9-13-7-5-4-6-8-13/h4-8,12H,1,9-10H2,2-3H3. The van der Waals surface area contributed by atoms with E-state index >= 15 is 0 Å². The lowest BCUT2D eigenvalue weighted by Crippen LogP contribution is -2.28. The minimum atomic E-state index is -1.14. The molecule has 1 unspecified atom stereocenters. The molecule has 112 valence electrons. The maximum absolute atomic E-state index is 11.6. The number of aryl methyl sites for hydroxylation is 1. The van der Waals surface area contributed by atoms with Crippen LogP contribution in [0.4, 0.5) is 0 Å². The number of benzene rings is 1. The van der Waals surface area contributed by atoms with Crippen LogP contribution in [-0.4, -0.2) is 24.0 Å². The van der Waals surface area contributed by atoms with Crippen molar-refractivity contribution in [3.8, 4) is 0 Å². The highest BCUT2D eigenvalue weighted by Gasteiger charge is 2.22. The zero-order chi connectivity index (χ0) is 15.8. The van der Waals surface area contributed by atoms with Gasteiger partial charge in [0.2, 0.25) is 0 Å². The first-order valence-corrected chi connectivity index (χ1v) is 6.55. The normalized spacial score (nSPS) is 11.3. The quantitative estimate of drug-likeness (QED) is 0.456. The van der Waals surface area contributed by atoms with Crippen molar-refractivity contribution in [3.05, 3.63) is 48.0 Å². The first-order valence-electron chi connectivity index (χ1n) is 6.55. The molecule has 5 nitrogen and oxygen atoms in total. The minimum absolute atomic E-state index is 0.0803. The van der Waals surface area contributed by atoms with E-state index < -0.39 is 24.0 Å².